The van der Waals surface area contributed by atoms with Gasteiger partial charge in [0.15, 0.2) is 17.2 Å². The summed E-state index contributed by atoms with van der Waals surface area (Å²) in [6.45, 7) is 0. The lowest BCUT2D eigenvalue weighted by Crippen LogP contribution is -2.06. The number of rotatable bonds is 4. The van der Waals surface area contributed by atoms with Crippen molar-refractivity contribution >= 4 is 43.7 Å². The molecular formula is C39H24N4O. The van der Waals surface area contributed by atoms with Crippen LogP contribution in [0, 0.1) is 0 Å². The minimum atomic E-state index is 0.542. The normalized spacial score (nSPS) is 11.6. The van der Waals surface area contributed by atoms with Crippen LogP contribution in [0.3, 0.4) is 0 Å². The van der Waals surface area contributed by atoms with Gasteiger partial charge in [-0.15, -0.1) is 0 Å². The molecule has 6 aromatic carbocycles. The van der Waals surface area contributed by atoms with Crippen molar-refractivity contribution in [1.82, 2.24) is 19.5 Å². The van der Waals surface area contributed by atoms with Crippen molar-refractivity contribution in [1.29, 1.82) is 0 Å². The van der Waals surface area contributed by atoms with Gasteiger partial charge in [0.25, 0.3) is 0 Å². The average molecular weight is 565 g/mol. The molecule has 0 aliphatic carbocycles. The highest BCUT2D eigenvalue weighted by Gasteiger charge is 2.22. The van der Waals surface area contributed by atoms with Crippen molar-refractivity contribution in [3.63, 3.8) is 0 Å². The summed E-state index contributed by atoms with van der Waals surface area (Å²) < 4.78 is 9.02. The third kappa shape index (κ3) is 3.76. The molecule has 9 aromatic rings. The van der Waals surface area contributed by atoms with Gasteiger partial charge >= 0.3 is 0 Å². The van der Waals surface area contributed by atoms with Crippen LogP contribution in [-0.2, 0) is 0 Å². The first-order valence-corrected chi connectivity index (χ1v) is 14.6. The number of fused-ring (bicyclic) bond motifs is 7. The molecule has 9 rings (SSSR count). The molecule has 5 nitrogen and oxygen atoms in total. The maximum Gasteiger partial charge on any atom is 0.238 e. The zero-order valence-corrected chi connectivity index (χ0v) is 23.6. The summed E-state index contributed by atoms with van der Waals surface area (Å²) in [5.74, 6) is 1.77. The van der Waals surface area contributed by atoms with E-state index in [4.69, 9.17) is 19.4 Å². The van der Waals surface area contributed by atoms with E-state index >= 15 is 0 Å². The summed E-state index contributed by atoms with van der Waals surface area (Å²) in [5.41, 5.74) is 7.64. The second-order valence-corrected chi connectivity index (χ2v) is 10.9. The smallest absolute Gasteiger partial charge is 0.238 e. The Morgan fingerprint density at radius 2 is 0.955 bits per heavy atom. The number of furan rings is 1. The Morgan fingerprint density at radius 1 is 0.409 bits per heavy atom. The van der Waals surface area contributed by atoms with Gasteiger partial charge in [-0.2, -0.15) is 9.97 Å². The van der Waals surface area contributed by atoms with Gasteiger partial charge in [-0.25, -0.2) is 4.98 Å². The molecule has 0 saturated carbocycles. The largest absolute Gasteiger partial charge is 0.453 e. The number of hydrogen-bond donors (Lipinski definition) is 0. The SMILES string of the molecule is c1ccc(-c2nc(-c3ccccc3)nc(-n3c4ccccc4c4ccc5c6cccc(-c7ccccc7)c6oc5c43)n2)cc1. The molecule has 3 heterocycles. The van der Waals surface area contributed by atoms with Crippen molar-refractivity contribution in [3.05, 3.63) is 146 Å². The van der Waals surface area contributed by atoms with Crippen LogP contribution in [0.2, 0.25) is 0 Å². The molecule has 5 heteroatoms. The summed E-state index contributed by atoms with van der Waals surface area (Å²) in [6.07, 6.45) is 0. The van der Waals surface area contributed by atoms with E-state index in [0.717, 1.165) is 66.0 Å². The molecule has 0 aliphatic rings. The fourth-order valence-corrected chi connectivity index (χ4v) is 6.25. The Morgan fingerprint density at radius 3 is 1.64 bits per heavy atom. The Labute approximate surface area is 252 Å². The van der Waals surface area contributed by atoms with Crippen LogP contribution in [0.5, 0.6) is 0 Å². The zero-order valence-electron chi connectivity index (χ0n) is 23.6. The van der Waals surface area contributed by atoms with Gasteiger partial charge in [-0.05, 0) is 17.7 Å². The van der Waals surface area contributed by atoms with Crippen LogP contribution in [0.15, 0.2) is 150 Å². The molecule has 0 bridgehead atoms. The molecule has 3 aromatic heterocycles. The molecule has 0 atom stereocenters. The van der Waals surface area contributed by atoms with Gasteiger partial charge in [-0.1, -0.05) is 133 Å². The second kappa shape index (κ2) is 9.75. The number of nitrogens with zero attached hydrogens (tertiary/aromatic N) is 4. The second-order valence-electron chi connectivity index (χ2n) is 10.9. The first-order valence-electron chi connectivity index (χ1n) is 14.6. The van der Waals surface area contributed by atoms with E-state index in [-0.39, 0.29) is 0 Å². The van der Waals surface area contributed by atoms with Crippen LogP contribution in [0.4, 0.5) is 0 Å². The van der Waals surface area contributed by atoms with E-state index in [9.17, 15) is 0 Å². The predicted octanol–water partition coefficient (Wildman–Crippen LogP) is 9.87. The van der Waals surface area contributed by atoms with Gasteiger partial charge in [0, 0.05) is 38.2 Å². The van der Waals surface area contributed by atoms with Crippen molar-refractivity contribution in [2.75, 3.05) is 0 Å². The lowest BCUT2D eigenvalue weighted by molar-refractivity contribution is 0.672. The summed E-state index contributed by atoms with van der Waals surface area (Å²) in [6, 6.07) is 49.6. The lowest BCUT2D eigenvalue weighted by atomic mass is 10.0. The maximum absolute atomic E-state index is 6.88. The summed E-state index contributed by atoms with van der Waals surface area (Å²) in [5, 5.41) is 4.31. The number of aromatic nitrogens is 4. The first kappa shape index (κ1) is 24.5. The summed E-state index contributed by atoms with van der Waals surface area (Å²) in [4.78, 5) is 15.1. The molecule has 0 aliphatic heterocycles. The van der Waals surface area contributed by atoms with E-state index < -0.39 is 0 Å². The highest BCUT2D eigenvalue weighted by Crippen LogP contribution is 2.42. The van der Waals surface area contributed by atoms with Gasteiger partial charge < -0.3 is 4.42 Å². The van der Waals surface area contributed by atoms with Crippen LogP contribution in [0.25, 0.3) is 83.6 Å². The number of benzene rings is 6. The lowest BCUT2D eigenvalue weighted by Gasteiger charge is -2.11. The molecule has 0 unspecified atom stereocenters. The standard InChI is InChI=1S/C39H24N4O/c1-4-13-25(14-5-1)28-20-12-21-31-32-24-23-30-29-19-10-11-22-33(29)43(34(30)36(32)44-35(28)31)39-41-37(26-15-6-2-7-16-26)40-38(42-39)27-17-8-3-9-18-27/h1-24H. The molecule has 0 fully saturated rings. The number of hydrogen-bond acceptors (Lipinski definition) is 4. The maximum atomic E-state index is 6.88. The molecule has 0 spiro atoms. The number of para-hydroxylation sites is 2. The summed E-state index contributed by atoms with van der Waals surface area (Å²) in [7, 11) is 0. The Hall–Kier alpha value is -6.07. The minimum absolute atomic E-state index is 0.542. The fraction of sp³-hybridized carbons (Fsp3) is 0. The van der Waals surface area contributed by atoms with Crippen molar-refractivity contribution in [2.45, 2.75) is 0 Å². The first-order chi connectivity index (χ1) is 21.8. The van der Waals surface area contributed by atoms with Crippen molar-refractivity contribution in [3.8, 4) is 39.9 Å². The Kier molecular flexibility index (Phi) is 5.43. The van der Waals surface area contributed by atoms with Crippen LogP contribution in [0.1, 0.15) is 0 Å². The van der Waals surface area contributed by atoms with Gasteiger partial charge in [-0.3, -0.25) is 4.57 Å². The third-order valence-electron chi connectivity index (χ3n) is 8.27. The third-order valence-corrected chi connectivity index (χ3v) is 8.27. The highest BCUT2D eigenvalue weighted by molar-refractivity contribution is 6.22. The van der Waals surface area contributed by atoms with Gasteiger partial charge in [0.1, 0.15) is 11.1 Å². The van der Waals surface area contributed by atoms with E-state index in [1.165, 1.54) is 0 Å². The predicted molar refractivity (Wildman–Crippen MR) is 178 cm³/mol. The molecule has 0 N–H and O–H groups in total. The quantitative estimate of drug-likeness (QED) is 0.213. The average Bonchev–Trinajstić information content (AvgIpc) is 3.65. The molecule has 0 saturated heterocycles. The monoisotopic (exact) mass is 564 g/mol. The van der Waals surface area contributed by atoms with Gasteiger partial charge in [0.05, 0.1) is 5.52 Å². The molecule has 44 heavy (non-hydrogen) atoms. The molecule has 206 valence electrons. The topological polar surface area (TPSA) is 56.7 Å². The molecule has 0 amide bonds. The van der Waals surface area contributed by atoms with Crippen molar-refractivity contribution in [2.24, 2.45) is 0 Å². The fourth-order valence-electron chi connectivity index (χ4n) is 6.25. The van der Waals surface area contributed by atoms with E-state index in [2.05, 4.69) is 83.4 Å². The zero-order chi connectivity index (χ0) is 29.0. The highest BCUT2D eigenvalue weighted by atomic mass is 16.3. The van der Waals surface area contributed by atoms with E-state index in [1.54, 1.807) is 0 Å². The Bertz CT molecular complexity index is 2420. The van der Waals surface area contributed by atoms with Crippen LogP contribution in [-0.4, -0.2) is 19.5 Å². The molecule has 0 radical (unpaired) electrons. The van der Waals surface area contributed by atoms with E-state index in [0.29, 0.717) is 17.6 Å². The van der Waals surface area contributed by atoms with Crippen molar-refractivity contribution < 1.29 is 4.42 Å². The van der Waals surface area contributed by atoms with Gasteiger partial charge in [0.2, 0.25) is 5.95 Å². The molecular weight excluding hydrogens is 540 g/mol. The van der Waals surface area contributed by atoms with Crippen LogP contribution < -0.4 is 0 Å². The Balaban J connectivity index is 1.41. The van der Waals surface area contributed by atoms with Crippen LogP contribution >= 0.6 is 0 Å². The van der Waals surface area contributed by atoms with E-state index in [1.807, 2.05) is 66.7 Å². The summed E-state index contributed by atoms with van der Waals surface area (Å²) >= 11 is 0. The minimum Gasteiger partial charge on any atom is -0.453 e.